The molecule has 3 fully saturated rings. The first-order valence-electron chi connectivity index (χ1n) is 12.3. The second-order valence-corrected chi connectivity index (χ2v) is 10.1. The summed E-state index contributed by atoms with van der Waals surface area (Å²) in [7, 11) is 0. The molecule has 3 aliphatic rings. The first-order chi connectivity index (χ1) is 16.1. The van der Waals surface area contributed by atoms with Crippen molar-refractivity contribution in [3.63, 3.8) is 0 Å². The lowest BCUT2D eigenvalue weighted by Crippen LogP contribution is -2.38. The minimum absolute atomic E-state index is 0.0198. The maximum atomic E-state index is 12.7. The number of H-pyrrole nitrogens is 1. The Balaban J connectivity index is 1.14. The molecule has 3 saturated carbocycles. The normalized spacial score (nSPS) is 24.4. The predicted molar refractivity (Wildman–Crippen MR) is 129 cm³/mol. The van der Waals surface area contributed by atoms with Gasteiger partial charge in [-0.3, -0.25) is 9.59 Å². The Hall–Kier alpha value is -3.15. The van der Waals surface area contributed by atoms with Crippen LogP contribution >= 0.6 is 0 Å². The fraction of sp³-hybridized carbons (Fsp3) is 0.444. The zero-order valence-corrected chi connectivity index (χ0v) is 18.8. The van der Waals surface area contributed by atoms with Crippen molar-refractivity contribution >= 4 is 28.5 Å². The molecular formula is C27H30N4O2. The van der Waals surface area contributed by atoms with Gasteiger partial charge in [0, 0.05) is 28.8 Å². The highest BCUT2D eigenvalue weighted by atomic mass is 16.2. The molecule has 2 aromatic carbocycles. The zero-order chi connectivity index (χ0) is 22.4. The van der Waals surface area contributed by atoms with E-state index in [1.807, 2.05) is 42.5 Å². The van der Waals surface area contributed by atoms with Crippen LogP contribution in [0.5, 0.6) is 0 Å². The van der Waals surface area contributed by atoms with Crippen LogP contribution in [0.1, 0.15) is 61.7 Å². The van der Waals surface area contributed by atoms with Crippen molar-refractivity contribution in [2.24, 2.45) is 17.8 Å². The van der Waals surface area contributed by atoms with Crippen molar-refractivity contribution in [3.8, 4) is 11.4 Å². The summed E-state index contributed by atoms with van der Waals surface area (Å²) >= 11 is 0. The van der Waals surface area contributed by atoms with Gasteiger partial charge in [0.15, 0.2) is 0 Å². The Kier molecular flexibility index (Phi) is 5.16. The highest BCUT2D eigenvalue weighted by molar-refractivity contribution is 5.96. The molecule has 0 spiro atoms. The summed E-state index contributed by atoms with van der Waals surface area (Å²) in [5, 5.41) is 6.31. The average molecular weight is 443 g/mol. The highest BCUT2D eigenvalue weighted by Gasteiger charge is 2.40. The third kappa shape index (κ3) is 4.03. The number of aromatic amines is 1. The van der Waals surface area contributed by atoms with Crippen LogP contribution in [0.4, 0.5) is 5.69 Å². The topological polar surface area (TPSA) is 86.9 Å². The van der Waals surface area contributed by atoms with Crippen LogP contribution in [0.3, 0.4) is 0 Å². The van der Waals surface area contributed by atoms with E-state index in [-0.39, 0.29) is 17.7 Å². The van der Waals surface area contributed by atoms with Gasteiger partial charge in [-0.1, -0.05) is 31.4 Å². The van der Waals surface area contributed by atoms with Crippen LogP contribution < -0.4 is 10.6 Å². The number of amides is 2. The lowest BCUT2D eigenvalue weighted by molar-refractivity contribution is -0.119. The Morgan fingerprint density at radius 3 is 2.48 bits per heavy atom. The monoisotopic (exact) mass is 442 g/mol. The van der Waals surface area contributed by atoms with E-state index >= 15 is 0 Å². The third-order valence-electron chi connectivity index (χ3n) is 7.95. The number of carbonyl (C=O) groups is 2. The SMILES string of the molecule is O=C(NC1CC2CCC1C2)c1ccc(-c2nc3ccc(NC(=O)C4CCCC4)cc3[nH]2)cc1. The van der Waals surface area contributed by atoms with Crippen LogP contribution in [-0.4, -0.2) is 27.8 Å². The molecule has 0 saturated heterocycles. The van der Waals surface area contributed by atoms with Gasteiger partial charge in [0.2, 0.25) is 5.91 Å². The van der Waals surface area contributed by atoms with E-state index in [4.69, 9.17) is 4.98 Å². The van der Waals surface area contributed by atoms with Gasteiger partial charge in [0.25, 0.3) is 5.91 Å². The Bertz CT molecular complexity index is 1190. The molecule has 6 rings (SSSR count). The largest absolute Gasteiger partial charge is 0.349 e. The van der Waals surface area contributed by atoms with Crippen molar-refractivity contribution in [2.45, 2.75) is 57.4 Å². The lowest BCUT2D eigenvalue weighted by atomic mass is 9.95. The van der Waals surface area contributed by atoms with Crippen molar-refractivity contribution < 1.29 is 9.59 Å². The Labute approximate surface area is 193 Å². The number of hydrogen-bond acceptors (Lipinski definition) is 3. The fourth-order valence-corrected chi connectivity index (χ4v) is 6.11. The van der Waals surface area contributed by atoms with Crippen molar-refractivity contribution in [1.29, 1.82) is 0 Å². The number of fused-ring (bicyclic) bond motifs is 3. The van der Waals surface area contributed by atoms with E-state index in [2.05, 4.69) is 15.6 Å². The number of hydrogen-bond donors (Lipinski definition) is 3. The Morgan fingerprint density at radius 2 is 1.76 bits per heavy atom. The van der Waals surface area contributed by atoms with Crippen molar-refractivity contribution in [1.82, 2.24) is 15.3 Å². The van der Waals surface area contributed by atoms with Gasteiger partial charge in [0.05, 0.1) is 11.0 Å². The molecule has 1 heterocycles. The quantitative estimate of drug-likeness (QED) is 0.503. The number of nitrogens with one attached hydrogen (secondary N) is 3. The van der Waals surface area contributed by atoms with Gasteiger partial charge in [-0.2, -0.15) is 0 Å². The van der Waals surface area contributed by atoms with E-state index < -0.39 is 0 Å². The van der Waals surface area contributed by atoms with E-state index in [0.29, 0.717) is 17.5 Å². The summed E-state index contributed by atoms with van der Waals surface area (Å²) in [5.74, 6) is 2.51. The first kappa shape index (κ1) is 20.5. The first-order valence-corrected chi connectivity index (χ1v) is 12.3. The number of aromatic nitrogens is 2. The third-order valence-corrected chi connectivity index (χ3v) is 7.95. The second kappa shape index (κ2) is 8.32. The van der Waals surface area contributed by atoms with Gasteiger partial charge in [-0.25, -0.2) is 4.98 Å². The molecule has 6 nitrogen and oxygen atoms in total. The molecule has 3 aliphatic carbocycles. The molecule has 33 heavy (non-hydrogen) atoms. The molecule has 3 unspecified atom stereocenters. The molecule has 3 N–H and O–H groups in total. The van der Waals surface area contributed by atoms with Crippen LogP contribution in [0.2, 0.25) is 0 Å². The van der Waals surface area contributed by atoms with Crippen LogP contribution in [0, 0.1) is 17.8 Å². The van der Waals surface area contributed by atoms with Crippen molar-refractivity contribution in [2.75, 3.05) is 5.32 Å². The van der Waals surface area contributed by atoms with Gasteiger partial charge in [0.1, 0.15) is 5.82 Å². The summed E-state index contributed by atoms with van der Waals surface area (Å²) in [6, 6.07) is 13.7. The highest BCUT2D eigenvalue weighted by Crippen LogP contribution is 2.44. The minimum Gasteiger partial charge on any atom is -0.349 e. The second-order valence-electron chi connectivity index (χ2n) is 10.1. The average Bonchev–Trinajstić information content (AvgIpc) is 3.63. The van der Waals surface area contributed by atoms with E-state index in [1.54, 1.807) is 0 Å². The summed E-state index contributed by atoms with van der Waals surface area (Å²) in [5.41, 5.74) is 4.14. The van der Waals surface area contributed by atoms with E-state index in [0.717, 1.165) is 66.1 Å². The van der Waals surface area contributed by atoms with Crippen LogP contribution in [-0.2, 0) is 4.79 Å². The molecule has 2 amide bonds. The predicted octanol–water partition coefficient (Wildman–Crippen LogP) is 5.28. The molecular weight excluding hydrogens is 412 g/mol. The molecule has 3 aromatic rings. The van der Waals surface area contributed by atoms with Gasteiger partial charge >= 0.3 is 0 Å². The summed E-state index contributed by atoms with van der Waals surface area (Å²) < 4.78 is 0. The maximum absolute atomic E-state index is 12.7. The number of anilines is 1. The van der Waals surface area contributed by atoms with Gasteiger partial charge in [-0.05, 0) is 74.3 Å². The summed E-state index contributed by atoms with van der Waals surface area (Å²) in [6.07, 6.45) is 9.25. The van der Waals surface area contributed by atoms with E-state index in [9.17, 15) is 9.59 Å². The Morgan fingerprint density at radius 1 is 0.939 bits per heavy atom. The maximum Gasteiger partial charge on any atom is 0.251 e. The molecule has 1 aromatic heterocycles. The molecule has 0 aliphatic heterocycles. The molecule has 170 valence electrons. The number of imidazole rings is 1. The summed E-state index contributed by atoms with van der Waals surface area (Å²) in [4.78, 5) is 33.2. The molecule has 3 atom stereocenters. The number of nitrogens with zero attached hydrogens (tertiary/aromatic N) is 1. The lowest BCUT2D eigenvalue weighted by Gasteiger charge is -2.22. The van der Waals surface area contributed by atoms with Gasteiger partial charge < -0.3 is 15.6 Å². The number of rotatable bonds is 5. The van der Waals surface area contributed by atoms with Crippen molar-refractivity contribution in [3.05, 3.63) is 48.0 Å². The molecule has 0 radical (unpaired) electrons. The minimum atomic E-state index is 0.0198. The van der Waals surface area contributed by atoms with Crippen LogP contribution in [0.25, 0.3) is 22.4 Å². The number of benzene rings is 2. The fourth-order valence-electron chi connectivity index (χ4n) is 6.11. The smallest absolute Gasteiger partial charge is 0.251 e. The van der Waals surface area contributed by atoms with Gasteiger partial charge in [-0.15, -0.1) is 0 Å². The summed E-state index contributed by atoms with van der Waals surface area (Å²) in [6.45, 7) is 0. The van der Waals surface area contributed by atoms with Crippen LogP contribution in [0.15, 0.2) is 42.5 Å². The molecule has 6 heteroatoms. The molecule has 2 bridgehead atoms. The number of carbonyl (C=O) groups excluding carboxylic acids is 2. The standard InChI is InChI=1S/C27H30N4O2/c32-26(18-3-1-2-4-18)28-21-11-12-22-24(15-21)30-25(29-22)17-7-9-19(10-8-17)27(33)31-23-14-16-5-6-20(23)13-16/h7-12,15-16,18,20,23H,1-6,13-14H2,(H,28,32)(H,29,30)(H,31,33). The van der Waals surface area contributed by atoms with E-state index in [1.165, 1.54) is 19.3 Å². The zero-order valence-electron chi connectivity index (χ0n) is 18.8.